The Bertz CT molecular complexity index is 875. The zero-order valence-electron chi connectivity index (χ0n) is 15.5. The second-order valence-electron chi connectivity index (χ2n) is 6.50. The van der Waals surface area contributed by atoms with Gasteiger partial charge in [0.15, 0.2) is 0 Å². The second kappa shape index (κ2) is 9.29. The number of hydrogen-bond acceptors (Lipinski definition) is 5. The normalized spacial score (nSPS) is 18.7. The van der Waals surface area contributed by atoms with Gasteiger partial charge in [0.25, 0.3) is 0 Å². The minimum absolute atomic E-state index is 0.166. The Balaban J connectivity index is 1.49. The monoisotopic (exact) mass is 395 g/mol. The summed E-state index contributed by atoms with van der Waals surface area (Å²) < 4.78 is 5.14. The van der Waals surface area contributed by atoms with Crippen molar-refractivity contribution in [1.82, 2.24) is 10.6 Å². The van der Waals surface area contributed by atoms with Gasteiger partial charge in [-0.05, 0) is 35.4 Å². The summed E-state index contributed by atoms with van der Waals surface area (Å²) in [6.45, 7) is 0. The molecule has 1 saturated heterocycles. The third kappa shape index (κ3) is 5.05. The number of nitriles is 1. The van der Waals surface area contributed by atoms with Crippen molar-refractivity contribution in [2.75, 3.05) is 12.9 Å². The van der Waals surface area contributed by atoms with Crippen LogP contribution in [0.2, 0.25) is 0 Å². The lowest BCUT2D eigenvalue weighted by Gasteiger charge is -2.29. The summed E-state index contributed by atoms with van der Waals surface area (Å²) in [5.74, 6) is 1.71. The molecular formula is C21H21N3O3S. The van der Waals surface area contributed by atoms with E-state index < -0.39 is 12.1 Å². The van der Waals surface area contributed by atoms with Crippen molar-refractivity contribution in [1.29, 1.82) is 5.26 Å². The third-order valence-corrected chi connectivity index (χ3v) is 5.61. The van der Waals surface area contributed by atoms with Crippen molar-refractivity contribution in [3.05, 3.63) is 65.2 Å². The molecule has 1 fully saturated rings. The molecule has 2 N–H and O–H groups in total. The summed E-state index contributed by atoms with van der Waals surface area (Å²) >= 11 is 1.59. The van der Waals surface area contributed by atoms with Gasteiger partial charge in [0.05, 0.1) is 18.7 Å². The molecule has 2 aromatic rings. The number of carbonyl (C=O) groups excluding carboxylic acids is 2. The number of methoxy groups -OCH3 is 1. The summed E-state index contributed by atoms with van der Waals surface area (Å²) in [7, 11) is 1.63. The van der Waals surface area contributed by atoms with Gasteiger partial charge >= 0.3 is 0 Å². The molecule has 0 bridgehead atoms. The summed E-state index contributed by atoms with van der Waals surface area (Å²) in [6.07, 6.45) is 0.398. The molecule has 144 valence electrons. The highest BCUT2D eigenvalue weighted by molar-refractivity contribution is 7.98. The molecule has 2 amide bonds. The summed E-state index contributed by atoms with van der Waals surface area (Å²) in [4.78, 5) is 24.7. The van der Waals surface area contributed by atoms with Crippen molar-refractivity contribution < 1.29 is 14.3 Å². The largest absolute Gasteiger partial charge is 0.497 e. The van der Waals surface area contributed by atoms with Crippen LogP contribution in [0.3, 0.4) is 0 Å². The molecule has 0 aromatic heterocycles. The predicted molar refractivity (Wildman–Crippen MR) is 108 cm³/mol. The first-order chi connectivity index (χ1) is 13.6. The van der Waals surface area contributed by atoms with Crippen LogP contribution in [0.25, 0.3) is 0 Å². The maximum Gasteiger partial charge on any atom is 0.244 e. The zero-order chi connectivity index (χ0) is 19.9. The Hall–Kier alpha value is -2.98. The smallest absolute Gasteiger partial charge is 0.244 e. The van der Waals surface area contributed by atoms with E-state index in [2.05, 4.69) is 16.7 Å². The predicted octanol–water partition coefficient (Wildman–Crippen LogP) is 2.03. The van der Waals surface area contributed by atoms with Crippen LogP contribution in [0.5, 0.6) is 5.75 Å². The van der Waals surface area contributed by atoms with Crippen LogP contribution in [-0.2, 0) is 21.8 Å². The molecule has 6 nitrogen and oxygen atoms in total. The number of piperazine rings is 1. The van der Waals surface area contributed by atoms with Crippen LogP contribution in [0, 0.1) is 11.3 Å². The Morgan fingerprint density at radius 3 is 2.21 bits per heavy atom. The molecule has 0 radical (unpaired) electrons. The van der Waals surface area contributed by atoms with Gasteiger partial charge in [0.2, 0.25) is 11.8 Å². The number of hydrogen-bond donors (Lipinski definition) is 2. The van der Waals surface area contributed by atoms with Gasteiger partial charge in [-0.1, -0.05) is 24.3 Å². The van der Waals surface area contributed by atoms with Gasteiger partial charge in [0.1, 0.15) is 17.8 Å². The number of rotatable bonds is 7. The zero-order valence-corrected chi connectivity index (χ0v) is 16.3. The maximum atomic E-state index is 12.4. The summed E-state index contributed by atoms with van der Waals surface area (Å²) in [6, 6.07) is 15.7. The molecule has 2 atom stereocenters. The van der Waals surface area contributed by atoms with Crippen molar-refractivity contribution in [3.63, 3.8) is 0 Å². The highest BCUT2D eigenvalue weighted by Gasteiger charge is 2.33. The summed E-state index contributed by atoms with van der Waals surface area (Å²) in [5.41, 5.74) is 2.59. The lowest BCUT2D eigenvalue weighted by atomic mass is 10.0. The Morgan fingerprint density at radius 2 is 1.57 bits per heavy atom. The second-order valence-corrected chi connectivity index (χ2v) is 7.53. The minimum atomic E-state index is -0.594. The number of benzene rings is 2. The van der Waals surface area contributed by atoms with Crippen LogP contribution < -0.4 is 15.4 Å². The molecule has 2 unspecified atom stereocenters. The molecule has 0 saturated carbocycles. The first kappa shape index (κ1) is 19.8. The molecule has 0 aliphatic carbocycles. The van der Waals surface area contributed by atoms with E-state index in [-0.39, 0.29) is 11.8 Å². The third-order valence-electron chi connectivity index (χ3n) is 4.50. The van der Waals surface area contributed by atoms with E-state index in [4.69, 9.17) is 10.00 Å². The van der Waals surface area contributed by atoms with Gasteiger partial charge < -0.3 is 15.4 Å². The highest BCUT2D eigenvalue weighted by Crippen LogP contribution is 2.18. The van der Waals surface area contributed by atoms with Crippen molar-refractivity contribution >= 4 is 23.6 Å². The van der Waals surface area contributed by atoms with E-state index in [0.717, 1.165) is 22.6 Å². The van der Waals surface area contributed by atoms with E-state index in [1.807, 2.05) is 24.3 Å². The molecule has 1 aliphatic heterocycles. The summed E-state index contributed by atoms with van der Waals surface area (Å²) in [5, 5.41) is 14.5. The standard InChI is InChI=1S/C21H21N3O3S/c1-27-17-8-6-16(7-9-17)12-28-13-19-21(26)23-18(20(25)24-19)10-14-2-4-15(11-22)5-3-14/h2-9,18-19H,10,12-13H2,1H3,(H,23,26)(H,24,25). The fourth-order valence-corrected chi connectivity index (χ4v) is 3.92. The molecule has 2 aromatic carbocycles. The van der Waals surface area contributed by atoms with Crippen LogP contribution in [0.4, 0.5) is 0 Å². The SMILES string of the molecule is COc1ccc(CSCC2NC(=O)C(Cc3ccc(C#N)cc3)NC2=O)cc1. The number of nitrogens with one attached hydrogen (secondary N) is 2. The van der Waals surface area contributed by atoms with Gasteiger partial charge in [-0.25, -0.2) is 0 Å². The van der Waals surface area contributed by atoms with Crippen LogP contribution in [-0.4, -0.2) is 36.8 Å². The number of amides is 2. The Morgan fingerprint density at radius 1 is 0.964 bits per heavy atom. The number of nitrogens with zero attached hydrogens (tertiary/aromatic N) is 1. The molecule has 0 spiro atoms. The van der Waals surface area contributed by atoms with Crippen LogP contribution >= 0.6 is 11.8 Å². The average molecular weight is 395 g/mol. The first-order valence-corrected chi connectivity index (χ1v) is 10.0. The lowest BCUT2D eigenvalue weighted by Crippen LogP contribution is -2.63. The molecular weight excluding hydrogens is 374 g/mol. The van der Waals surface area contributed by atoms with E-state index in [0.29, 0.717) is 17.7 Å². The molecule has 1 heterocycles. The minimum Gasteiger partial charge on any atom is -0.497 e. The number of ether oxygens (including phenoxy) is 1. The number of thioether (sulfide) groups is 1. The van der Waals surface area contributed by atoms with Gasteiger partial charge in [-0.15, -0.1) is 0 Å². The maximum absolute atomic E-state index is 12.4. The van der Waals surface area contributed by atoms with Gasteiger partial charge in [-0.3, -0.25) is 9.59 Å². The van der Waals surface area contributed by atoms with Crippen molar-refractivity contribution in [2.45, 2.75) is 24.3 Å². The highest BCUT2D eigenvalue weighted by atomic mass is 32.2. The van der Waals surface area contributed by atoms with Crippen molar-refractivity contribution in [2.24, 2.45) is 0 Å². The van der Waals surface area contributed by atoms with Crippen molar-refractivity contribution in [3.8, 4) is 11.8 Å². The van der Waals surface area contributed by atoms with E-state index in [1.54, 1.807) is 43.1 Å². The Labute approximate surface area is 168 Å². The molecule has 7 heteroatoms. The first-order valence-electron chi connectivity index (χ1n) is 8.89. The van der Waals surface area contributed by atoms with Gasteiger partial charge in [0, 0.05) is 17.9 Å². The lowest BCUT2D eigenvalue weighted by molar-refractivity contribution is -0.136. The fourth-order valence-electron chi connectivity index (χ4n) is 2.90. The molecule has 1 aliphatic rings. The van der Waals surface area contributed by atoms with Gasteiger partial charge in [-0.2, -0.15) is 17.0 Å². The van der Waals surface area contributed by atoms with E-state index in [9.17, 15) is 9.59 Å². The Kier molecular flexibility index (Phi) is 6.56. The topological polar surface area (TPSA) is 91.2 Å². The molecule has 28 heavy (non-hydrogen) atoms. The number of carbonyl (C=O) groups is 2. The molecule has 3 rings (SSSR count). The van der Waals surface area contributed by atoms with Crippen LogP contribution in [0.1, 0.15) is 16.7 Å². The van der Waals surface area contributed by atoms with E-state index in [1.165, 1.54) is 0 Å². The van der Waals surface area contributed by atoms with E-state index >= 15 is 0 Å². The average Bonchev–Trinajstić information content (AvgIpc) is 2.72. The fraction of sp³-hybridized carbons (Fsp3) is 0.286. The quantitative estimate of drug-likeness (QED) is 0.749. The van der Waals surface area contributed by atoms with Crippen LogP contribution in [0.15, 0.2) is 48.5 Å².